The molecule has 7 nitrogen and oxygen atoms in total. The molecule has 1 aromatic carbocycles. The van der Waals surface area contributed by atoms with Gasteiger partial charge < -0.3 is 10.4 Å². The molecule has 0 amide bonds. The molecular weight excluding hydrogens is 274 g/mol. The van der Waals surface area contributed by atoms with Crippen LogP contribution in [0.2, 0.25) is 0 Å². The molecule has 2 N–H and O–H groups in total. The van der Waals surface area contributed by atoms with Gasteiger partial charge >= 0.3 is 5.97 Å². The lowest BCUT2D eigenvalue weighted by atomic mass is 9.84. The van der Waals surface area contributed by atoms with Gasteiger partial charge in [-0.15, -0.1) is 0 Å². The van der Waals surface area contributed by atoms with Gasteiger partial charge in [-0.3, -0.25) is 14.9 Å². The van der Waals surface area contributed by atoms with Gasteiger partial charge in [0.25, 0.3) is 5.69 Å². The number of carboxylic acid groups (broad SMARTS) is 1. The molecule has 1 aliphatic carbocycles. The van der Waals surface area contributed by atoms with Gasteiger partial charge in [-0.1, -0.05) is 12.8 Å². The Bertz CT molecular complexity index is 609. The zero-order valence-electron chi connectivity index (χ0n) is 11.3. The second-order valence-electron chi connectivity index (χ2n) is 5.08. The average molecular weight is 289 g/mol. The molecule has 7 heteroatoms. The molecule has 110 valence electrons. The lowest BCUT2D eigenvalue weighted by Gasteiger charge is -2.29. The van der Waals surface area contributed by atoms with Crippen LogP contribution in [0.3, 0.4) is 0 Å². The third-order valence-electron chi connectivity index (χ3n) is 3.75. The van der Waals surface area contributed by atoms with Crippen LogP contribution in [0.15, 0.2) is 18.2 Å². The molecule has 0 heterocycles. The molecule has 0 radical (unpaired) electrons. The Labute approximate surface area is 121 Å². The average Bonchev–Trinajstić information content (AvgIpc) is 2.47. The molecular formula is C14H15N3O4. The first-order chi connectivity index (χ1) is 10.0. The molecule has 0 aromatic heterocycles. The van der Waals surface area contributed by atoms with Crippen LogP contribution in [-0.4, -0.2) is 22.0 Å². The molecule has 2 atom stereocenters. The number of rotatable bonds is 4. The summed E-state index contributed by atoms with van der Waals surface area (Å²) in [7, 11) is 0. The summed E-state index contributed by atoms with van der Waals surface area (Å²) in [5.74, 6) is -1.43. The number of anilines is 1. The topological polar surface area (TPSA) is 116 Å². The summed E-state index contributed by atoms with van der Waals surface area (Å²) in [4.78, 5) is 21.8. The van der Waals surface area contributed by atoms with Crippen molar-refractivity contribution in [1.82, 2.24) is 0 Å². The number of nitro groups is 1. The Morgan fingerprint density at radius 1 is 1.43 bits per heavy atom. The van der Waals surface area contributed by atoms with Crippen LogP contribution in [0.5, 0.6) is 0 Å². The number of aliphatic carboxylic acids is 1. The van der Waals surface area contributed by atoms with E-state index >= 15 is 0 Å². The fourth-order valence-corrected chi connectivity index (χ4v) is 2.67. The first kappa shape index (κ1) is 14.8. The Morgan fingerprint density at radius 3 is 2.76 bits per heavy atom. The Morgan fingerprint density at radius 2 is 2.14 bits per heavy atom. The van der Waals surface area contributed by atoms with E-state index in [9.17, 15) is 20.0 Å². The van der Waals surface area contributed by atoms with Crippen molar-refractivity contribution in [2.45, 2.75) is 31.7 Å². The number of carbonyl (C=O) groups is 1. The number of hydrogen-bond acceptors (Lipinski definition) is 5. The van der Waals surface area contributed by atoms with E-state index in [0.29, 0.717) is 12.8 Å². The van der Waals surface area contributed by atoms with E-state index in [4.69, 9.17) is 5.26 Å². The van der Waals surface area contributed by atoms with Crippen molar-refractivity contribution >= 4 is 17.3 Å². The standard InChI is InChI=1S/C14H15N3O4/c15-8-9-5-6-12(13(7-9)17(20)21)16-11-4-2-1-3-10(11)14(18)19/h5-7,10-11,16H,1-4H2,(H,18,19). The van der Waals surface area contributed by atoms with Crippen LogP contribution < -0.4 is 5.32 Å². The third kappa shape index (κ3) is 3.28. The summed E-state index contributed by atoms with van der Waals surface area (Å²) < 4.78 is 0. The number of nitriles is 1. The van der Waals surface area contributed by atoms with Gasteiger partial charge in [0.15, 0.2) is 0 Å². The number of benzene rings is 1. The molecule has 2 unspecified atom stereocenters. The van der Waals surface area contributed by atoms with Crippen molar-refractivity contribution in [1.29, 1.82) is 5.26 Å². The maximum atomic E-state index is 11.3. The molecule has 0 spiro atoms. The van der Waals surface area contributed by atoms with Crippen molar-refractivity contribution in [3.8, 4) is 6.07 Å². The highest BCUT2D eigenvalue weighted by Gasteiger charge is 2.32. The van der Waals surface area contributed by atoms with E-state index in [1.54, 1.807) is 0 Å². The summed E-state index contributed by atoms with van der Waals surface area (Å²) in [6, 6.07) is 5.66. The summed E-state index contributed by atoms with van der Waals surface area (Å²) in [6.07, 6.45) is 2.97. The van der Waals surface area contributed by atoms with E-state index in [0.717, 1.165) is 12.8 Å². The third-order valence-corrected chi connectivity index (χ3v) is 3.75. The number of nitrogens with one attached hydrogen (secondary N) is 1. The van der Waals surface area contributed by atoms with Crippen molar-refractivity contribution in [3.05, 3.63) is 33.9 Å². The Hall–Kier alpha value is -2.62. The van der Waals surface area contributed by atoms with Gasteiger partial charge in [0.2, 0.25) is 0 Å². The highest BCUT2D eigenvalue weighted by atomic mass is 16.6. The van der Waals surface area contributed by atoms with Crippen molar-refractivity contribution in [2.75, 3.05) is 5.32 Å². The summed E-state index contributed by atoms with van der Waals surface area (Å²) in [6.45, 7) is 0. The molecule has 2 rings (SSSR count). The van der Waals surface area contributed by atoms with E-state index < -0.39 is 16.8 Å². The molecule has 0 bridgehead atoms. The van der Waals surface area contributed by atoms with Crippen molar-refractivity contribution in [3.63, 3.8) is 0 Å². The van der Waals surface area contributed by atoms with Crippen LogP contribution in [-0.2, 0) is 4.79 Å². The number of hydrogen-bond donors (Lipinski definition) is 2. The monoisotopic (exact) mass is 289 g/mol. The minimum Gasteiger partial charge on any atom is -0.481 e. The molecule has 0 saturated heterocycles. The van der Waals surface area contributed by atoms with Crippen LogP contribution in [0.1, 0.15) is 31.2 Å². The van der Waals surface area contributed by atoms with Gasteiger partial charge in [-0.25, -0.2) is 0 Å². The Balaban J connectivity index is 2.27. The number of nitrogens with zero attached hydrogens (tertiary/aromatic N) is 2. The summed E-state index contributed by atoms with van der Waals surface area (Å²) in [5, 5.41) is 32.1. The quantitative estimate of drug-likeness (QED) is 0.649. The van der Waals surface area contributed by atoms with Crippen LogP contribution in [0.4, 0.5) is 11.4 Å². The van der Waals surface area contributed by atoms with Crippen LogP contribution in [0, 0.1) is 27.4 Å². The lowest BCUT2D eigenvalue weighted by Crippen LogP contribution is -2.37. The minimum absolute atomic E-state index is 0.200. The fourth-order valence-electron chi connectivity index (χ4n) is 2.67. The first-order valence-electron chi connectivity index (χ1n) is 6.71. The van der Waals surface area contributed by atoms with E-state index in [2.05, 4.69) is 5.32 Å². The maximum absolute atomic E-state index is 11.3. The smallest absolute Gasteiger partial charge is 0.308 e. The predicted octanol–water partition coefficient (Wildman–Crippen LogP) is 2.52. The second-order valence-corrected chi connectivity index (χ2v) is 5.08. The van der Waals surface area contributed by atoms with E-state index in [-0.39, 0.29) is 23.0 Å². The van der Waals surface area contributed by atoms with Gasteiger partial charge in [0, 0.05) is 12.1 Å². The van der Waals surface area contributed by atoms with Crippen molar-refractivity contribution < 1.29 is 14.8 Å². The normalized spacial score (nSPS) is 21.3. The van der Waals surface area contributed by atoms with Crippen LogP contribution in [0.25, 0.3) is 0 Å². The SMILES string of the molecule is N#Cc1ccc(NC2CCCCC2C(=O)O)c([N+](=O)[O-])c1. The number of carboxylic acids is 1. The van der Waals surface area contributed by atoms with E-state index in [1.165, 1.54) is 18.2 Å². The second kappa shape index (κ2) is 6.22. The van der Waals surface area contributed by atoms with E-state index in [1.807, 2.05) is 6.07 Å². The maximum Gasteiger partial charge on any atom is 0.308 e. The largest absolute Gasteiger partial charge is 0.481 e. The predicted molar refractivity (Wildman–Crippen MR) is 74.8 cm³/mol. The molecule has 1 fully saturated rings. The van der Waals surface area contributed by atoms with Gasteiger partial charge in [-0.05, 0) is 25.0 Å². The van der Waals surface area contributed by atoms with Crippen molar-refractivity contribution in [2.24, 2.45) is 5.92 Å². The summed E-state index contributed by atoms with van der Waals surface area (Å²) >= 11 is 0. The fraction of sp³-hybridized carbons (Fsp3) is 0.429. The highest BCUT2D eigenvalue weighted by Crippen LogP contribution is 2.31. The van der Waals surface area contributed by atoms with Gasteiger partial charge in [0.1, 0.15) is 5.69 Å². The lowest BCUT2D eigenvalue weighted by molar-refractivity contribution is -0.384. The first-order valence-corrected chi connectivity index (χ1v) is 6.71. The zero-order valence-corrected chi connectivity index (χ0v) is 11.3. The highest BCUT2D eigenvalue weighted by molar-refractivity contribution is 5.73. The number of nitro benzene ring substituents is 1. The molecule has 1 aromatic rings. The van der Waals surface area contributed by atoms with Gasteiger partial charge in [-0.2, -0.15) is 5.26 Å². The van der Waals surface area contributed by atoms with Gasteiger partial charge in [0.05, 0.1) is 22.5 Å². The summed E-state index contributed by atoms with van der Waals surface area (Å²) in [5.41, 5.74) is 0.256. The molecule has 21 heavy (non-hydrogen) atoms. The molecule has 1 saturated carbocycles. The molecule has 0 aliphatic heterocycles. The minimum atomic E-state index is -0.886. The van der Waals surface area contributed by atoms with Crippen LogP contribution >= 0.6 is 0 Å². The molecule has 1 aliphatic rings. The Kier molecular flexibility index (Phi) is 4.38. The zero-order chi connectivity index (χ0) is 15.4.